The average Bonchev–Trinajstić information content (AvgIpc) is 3.56. The van der Waals surface area contributed by atoms with Gasteiger partial charge in [-0.05, 0) is 55.2 Å². The Kier molecular flexibility index (Phi) is 8.24. The Bertz CT molecular complexity index is 1290. The second kappa shape index (κ2) is 12.0. The number of hydrogen-bond donors (Lipinski definition) is 2. The summed E-state index contributed by atoms with van der Waals surface area (Å²) in [7, 11) is 1.72. The number of nitrogens with two attached hydrogens (primary N) is 1. The van der Waals surface area contributed by atoms with Gasteiger partial charge < -0.3 is 30.0 Å². The van der Waals surface area contributed by atoms with Crippen LogP contribution in [0.5, 0.6) is 5.75 Å². The summed E-state index contributed by atoms with van der Waals surface area (Å²) in [6, 6.07) is 13.2. The standard InChI is InChI=1S/C29H37N5O4/c1-37-14-5-13-34-25-8-3-2-7-24(25)32-28(34)22-6-4-12-33(19-22)27(35)17-23(30)18-31-29(36)21-9-10-26-20(16-21)11-15-38-26/h2-3,7-10,16,22-23H,4-6,11-15,17-19,30H2,1H3,(H,31,36)/t22-,23-/m1/s1. The first kappa shape index (κ1) is 26.2. The van der Waals surface area contributed by atoms with E-state index in [1.807, 2.05) is 35.2 Å². The van der Waals surface area contributed by atoms with Gasteiger partial charge in [-0.15, -0.1) is 0 Å². The van der Waals surface area contributed by atoms with Gasteiger partial charge in [0.2, 0.25) is 5.91 Å². The summed E-state index contributed by atoms with van der Waals surface area (Å²) in [4.78, 5) is 32.7. The Morgan fingerprint density at radius 3 is 3.00 bits per heavy atom. The van der Waals surface area contributed by atoms with Crippen molar-refractivity contribution in [3.63, 3.8) is 0 Å². The number of ether oxygens (including phenoxy) is 2. The van der Waals surface area contributed by atoms with E-state index in [0.29, 0.717) is 25.3 Å². The molecule has 2 amide bonds. The van der Waals surface area contributed by atoms with Crippen LogP contribution in [0.1, 0.15) is 53.3 Å². The van der Waals surface area contributed by atoms with Crippen molar-refractivity contribution in [3.05, 3.63) is 59.4 Å². The van der Waals surface area contributed by atoms with Gasteiger partial charge in [0.25, 0.3) is 5.91 Å². The van der Waals surface area contributed by atoms with Crippen molar-refractivity contribution in [2.45, 2.75) is 50.6 Å². The fourth-order valence-electron chi connectivity index (χ4n) is 5.50. The summed E-state index contributed by atoms with van der Waals surface area (Å²) in [5, 5.41) is 2.88. The van der Waals surface area contributed by atoms with Crippen molar-refractivity contribution in [2.24, 2.45) is 5.73 Å². The van der Waals surface area contributed by atoms with Crippen molar-refractivity contribution in [2.75, 3.05) is 40.0 Å². The lowest BCUT2D eigenvalue weighted by Gasteiger charge is -2.33. The molecule has 9 heteroatoms. The number of para-hydroxylation sites is 2. The largest absolute Gasteiger partial charge is 0.493 e. The van der Waals surface area contributed by atoms with Crippen LogP contribution < -0.4 is 15.8 Å². The van der Waals surface area contributed by atoms with Crippen LogP contribution >= 0.6 is 0 Å². The highest BCUT2D eigenvalue weighted by Crippen LogP contribution is 2.30. The Morgan fingerprint density at radius 1 is 1.26 bits per heavy atom. The molecule has 38 heavy (non-hydrogen) atoms. The van der Waals surface area contributed by atoms with Gasteiger partial charge in [-0.1, -0.05) is 12.1 Å². The summed E-state index contributed by atoms with van der Waals surface area (Å²) >= 11 is 0. The topological polar surface area (TPSA) is 112 Å². The monoisotopic (exact) mass is 519 g/mol. The maximum Gasteiger partial charge on any atom is 0.251 e. The molecule has 3 heterocycles. The first-order chi connectivity index (χ1) is 18.5. The highest BCUT2D eigenvalue weighted by Gasteiger charge is 2.29. The van der Waals surface area contributed by atoms with Crippen LogP contribution in [0.2, 0.25) is 0 Å². The quantitative estimate of drug-likeness (QED) is 0.399. The number of likely N-dealkylation sites (tertiary alicyclic amines) is 1. The zero-order chi connectivity index (χ0) is 26.5. The van der Waals surface area contributed by atoms with E-state index in [1.165, 1.54) is 0 Å². The molecular weight excluding hydrogens is 482 g/mol. The number of amides is 2. The molecule has 1 saturated heterocycles. The van der Waals surface area contributed by atoms with Crippen LogP contribution in [0.15, 0.2) is 42.5 Å². The summed E-state index contributed by atoms with van der Waals surface area (Å²) in [6.45, 7) is 3.76. The number of imidazole rings is 1. The number of carbonyl (C=O) groups excluding carboxylic acids is 2. The zero-order valence-corrected chi connectivity index (χ0v) is 22.0. The van der Waals surface area contributed by atoms with Crippen LogP contribution in [0.3, 0.4) is 0 Å². The van der Waals surface area contributed by atoms with Gasteiger partial charge in [0.05, 0.1) is 17.6 Å². The normalized spacial score (nSPS) is 17.7. The van der Waals surface area contributed by atoms with Crippen LogP contribution in [0.25, 0.3) is 11.0 Å². The van der Waals surface area contributed by atoms with Crippen LogP contribution in [-0.2, 0) is 22.5 Å². The predicted octanol–water partition coefficient (Wildman–Crippen LogP) is 2.86. The molecule has 1 aromatic heterocycles. The first-order valence-electron chi connectivity index (χ1n) is 13.5. The van der Waals surface area contributed by atoms with Gasteiger partial charge in [0, 0.05) is 70.3 Å². The van der Waals surface area contributed by atoms with E-state index in [0.717, 1.165) is 66.9 Å². The predicted molar refractivity (Wildman–Crippen MR) is 145 cm³/mol. The highest BCUT2D eigenvalue weighted by molar-refractivity contribution is 5.94. The van der Waals surface area contributed by atoms with E-state index in [2.05, 4.69) is 16.0 Å². The third-order valence-electron chi connectivity index (χ3n) is 7.47. The number of aromatic nitrogens is 2. The van der Waals surface area contributed by atoms with Crippen molar-refractivity contribution in [3.8, 4) is 5.75 Å². The first-order valence-corrected chi connectivity index (χ1v) is 13.5. The van der Waals surface area contributed by atoms with Crippen molar-refractivity contribution in [1.82, 2.24) is 19.8 Å². The fourth-order valence-corrected chi connectivity index (χ4v) is 5.50. The van der Waals surface area contributed by atoms with Gasteiger partial charge in [0.15, 0.2) is 0 Å². The van der Waals surface area contributed by atoms with Crippen LogP contribution in [0, 0.1) is 0 Å². The third kappa shape index (κ3) is 5.84. The Labute approximate surface area is 223 Å². The van der Waals surface area contributed by atoms with E-state index in [9.17, 15) is 9.59 Å². The maximum absolute atomic E-state index is 13.2. The van der Waals surface area contributed by atoms with Crippen molar-refractivity contribution < 1.29 is 19.1 Å². The van der Waals surface area contributed by atoms with Crippen molar-refractivity contribution in [1.29, 1.82) is 0 Å². The molecule has 2 aliphatic rings. The molecule has 2 aliphatic heterocycles. The molecule has 2 aromatic carbocycles. The molecular formula is C29H37N5O4. The number of benzene rings is 2. The number of methoxy groups -OCH3 is 1. The lowest BCUT2D eigenvalue weighted by molar-refractivity contribution is -0.132. The second-order valence-corrected chi connectivity index (χ2v) is 10.2. The molecule has 0 bridgehead atoms. The third-order valence-corrected chi connectivity index (χ3v) is 7.47. The molecule has 3 N–H and O–H groups in total. The number of hydrogen-bond acceptors (Lipinski definition) is 6. The molecule has 2 atom stereocenters. The smallest absolute Gasteiger partial charge is 0.251 e. The minimum Gasteiger partial charge on any atom is -0.493 e. The number of carbonyl (C=O) groups is 2. The SMILES string of the molecule is COCCCn1c([C@@H]2CCCN(C(=O)C[C@@H](N)CNC(=O)c3ccc4c(c3)CCO4)C2)nc2ccccc21. The second-order valence-electron chi connectivity index (χ2n) is 10.2. The van der Waals surface area contributed by atoms with Crippen molar-refractivity contribution >= 4 is 22.8 Å². The summed E-state index contributed by atoms with van der Waals surface area (Å²) in [5.41, 5.74) is 10.0. The van der Waals surface area contributed by atoms with E-state index in [-0.39, 0.29) is 30.7 Å². The molecule has 5 rings (SSSR count). The number of nitrogens with one attached hydrogen (secondary N) is 1. The van der Waals surface area contributed by atoms with Gasteiger partial charge in [0.1, 0.15) is 11.6 Å². The summed E-state index contributed by atoms with van der Waals surface area (Å²) in [6.07, 6.45) is 3.82. The number of fused-ring (bicyclic) bond motifs is 2. The fraction of sp³-hybridized carbons (Fsp3) is 0.483. The van der Waals surface area contributed by atoms with E-state index in [1.54, 1.807) is 13.2 Å². The maximum atomic E-state index is 13.2. The molecule has 0 aliphatic carbocycles. The number of nitrogens with zero attached hydrogens (tertiary/aromatic N) is 3. The molecule has 0 spiro atoms. The van der Waals surface area contributed by atoms with Crippen LogP contribution in [0.4, 0.5) is 0 Å². The Balaban J connectivity index is 1.18. The van der Waals surface area contributed by atoms with E-state index >= 15 is 0 Å². The van der Waals surface area contributed by atoms with Gasteiger partial charge in [-0.2, -0.15) is 0 Å². The van der Waals surface area contributed by atoms with Gasteiger partial charge in [-0.25, -0.2) is 4.98 Å². The van der Waals surface area contributed by atoms with Crippen LogP contribution in [-0.4, -0.2) is 72.3 Å². The zero-order valence-electron chi connectivity index (χ0n) is 22.0. The molecule has 0 radical (unpaired) electrons. The van der Waals surface area contributed by atoms with E-state index in [4.69, 9.17) is 20.2 Å². The van der Waals surface area contributed by atoms with Gasteiger partial charge >= 0.3 is 0 Å². The molecule has 0 unspecified atom stereocenters. The average molecular weight is 520 g/mol. The number of aryl methyl sites for hydroxylation is 1. The number of piperidine rings is 1. The lowest BCUT2D eigenvalue weighted by atomic mass is 9.96. The molecule has 1 fully saturated rings. The summed E-state index contributed by atoms with van der Waals surface area (Å²) in [5.74, 6) is 1.88. The Morgan fingerprint density at radius 2 is 2.13 bits per heavy atom. The molecule has 0 saturated carbocycles. The van der Waals surface area contributed by atoms with E-state index < -0.39 is 6.04 Å². The molecule has 9 nitrogen and oxygen atoms in total. The summed E-state index contributed by atoms with van der Waals surface area (Å²) < 4.78 is 13.1. The molecule has 202 valence electrons. The lowest BCUT2D eigenvalue weighted by Crippen LogP contribution is -2.45. The minimum absolute atomic E-state index is 0.0215. The van der Waals surface area contributed by atoms with Gasteiger partial charge in [-0.3, -0.25) is 9.59 Å². The highest BCUT2D eigenvalue weighted by atomic mass is 16.5. The number of rotatable bonds is 10. The molecule has 3 aromatic rings. The minimum atomic E-state index is -0.455. The Hall–Kier alpha value is -3.43.